The maximum Gasteiger partial charge on any atom is 0.231 e. The average molecular weight is 311 g/mol. The molecule has 4 heteroatoms. The molecule has 0 radical (unpaired) electrons. The van der Waals surface area contributed by atoms with Crippen molar-refractivity contribution < 1.29 is 14.3 Å². The van der Waals surface area contributed by atoms with Gasteiger partial charge in [0.1, 0.15) is 0 Å². The Balaban J connectivity index is 1.45. The van der Waals surface area contributed by atoms with Crippen LogP contribution < -0.4 is 14.8 Å². The number of hydrogen-bond donors (Lipinski definition) is 1. The summed E-state index contributed by atoms with van der Waals surface area (Å²) in [6.07, 6.45) is 1.17. The minimum absolute atomic E-state index is 0.0745. The summed E-state index contributed by atoms with van der Waals surface area (Å²) in [6, 6.07) is 16.0. The molecule has 1 aliphatic rings. The smallest absolute Gasteiger partial charge is 0.231 e. The van der Waals surface area contributed by atoms with Crippen molar-refractivity contribution in [2.24, 2.45) is 0 Å². The van der Waals surface area contributed by atoms with Gasteiger partial charge in [0.15, 0.2) is 11.5 Å². The minimum atomic E-state index is 0.0745. The number of ether oxygens (including phenoxy) is 2. The second-order valence-corrected chi connectivity index (χ2v) is 5.80. The normalized spacial score (nSPS) is 13.6. The second kappa shape index (κ2) is 7.18. The predicted octanol–water partition coefficient (Wildman–Crippen LogP) is 3.27. The van der Waals surface area contributed by atoms with E-state index in [0.717, 1.165) is 17.1 Å². The van der Waals surface area contributed by atoms with Crippen molar-refractivity contribution >= 4 is 5.91 Å². The number of fused-ring (bicyclic) bond motifs is 1. The molecule has 1 heterocycles. The average Bonchev–Trinajstić information content (AvgIpc) is 3.06. The lowest BCUT2D eigenvalue weighted by Gasteiger charge is -2.13. The van der Waals surface area contributed by atoms with Crippen molar-refractivity contribution in [3.8, 4) is 11.5 Å². The fraction of sp³-hybridized carbons (Fsp3) is 0.316. The van der Waals surface area contributed by atoms with Crippen LogP contribution in [0.5, 0.6) is 11.5 Å². The highest BCUT2D eigenvalue weighted by molar-refractivity contribution is 5.76. The monoisotopic (exact) mass is 311 g/mol. The van der Waals surface area contributed by atoms with Gasteiger partial charge in [-0.3, -0.25) is 4.79 Å². The number of carbonyl (C=O) groups is 1. The molecular formula is C19H21NO3. The van der Waals surface area contributed by atoms with Crippen LogP contribution in [0.3, 0.4) is 0 Å². The summed E-state index contributed by atoms with van der Waals surface area (Å²) in [7, 11) is 0. The van der Waals surface area contributed by atoms with Crippen molar-refractivity contribution in [3.05, 3.63) is 59.7 Å². The van der Waals surface area contributed by atoms with E-state index >= 15 is 0 Å². The molecule has 0 saturated carbocycles. The zero-order valence-corrected chi connectivity index (χ0v) is 13.2. The molecule has 1 N–H and O–H groups in total. The van der Waals surface area contributed by atoms with Crippen LogP contribution in [0.15, 0.2) is 48.5 Å². The van der Waals surface area contributed by atoms with Gasteiger partial charge in [-0.1, -0.05) is 43.3 Å². The molecule has 1 aliphatic heterocycles. The first kappa shape index (κ1) is 15.4. The van der Waals surface area contributed by atoms with Gasteiger partial charge in [-0.05, 0) is 35.6 Å². The summed E-state index contributed by atoms with van der Waals surface area (Å²) in [5.74, 6) is 1.92. The van der Waals surface area contributed by atoms with Gasteiger partial charge >= 0.3 is 0 Å². The van der Waals surface area contributed by atoms with E-state index in [-0.39, 0.29) is 12.7 Å². The number of aryl methyl sites for hydroxylation is 1. The van der Waals surface area contributed by atoms with Gasteiger partial charge in [0.25, 0.3) is 0 Å². The molecule has 0 fully saturated rings. The molecule has 23 heavy (non-hydrogen) atoms. The summed E-state index contributed by atoms with van der Waals surface area (Å²) in [6.45, 7) is 3.05. The standard InChI is InChI=1S/C19H21NO3/c1-14(16-5-3-2-4-6-16)12-20-19(21)10-8-15-7-9-17-18(11-15)23-13-22-17/h2-7,9,11,14H,8,10,12-13H2,1H3,(H,20,21). The number of rotatable bonds is 6. The van der Waals surface area contributed by atoms with Crippen LogP contribution in [0.4, 0.5) is 0 Å². The fourth-order valence-electron chi connectivity index (χ4n) is 2.61. The highest BCUT2D eigenvalue weighted by Crippen LogP contribution is 2.32. The van der Waals surface area contributed by atoms with E-state index in [9.17, 15) is 4.79 Å². The van der Waals surface area contributed by atoms with Gasteiger partial charge in [-0.25, -0.2) is 0 Å². The maximum absolute atomic E-state index is 12.0. The Hall–Kier alpha value is -2.49. The summed E-state index contributed by atoms with van der Waals surface area (Å²) < 4.78 is 10.6. The lowest BCUT2D eigenvalue weighted by atomic mass is 10.0. The third kappa shape index (κ3) is 4.03. The van der Waals surface area contributed by atoms with Gasteiger partial charge in [0.05, 0.1) is 0 Å². The van der Waals surface area contributed by atoms with E-state index in [4.69, 9.17) is 9.47 Å². The first-order valence-electron chi connectivity index (χ1n) is 7.92. The van der Waals surface area contributed by atoms with Crippen molar-refractivity contribution in [3.63, 3.8) is 0 Å². The van der Waals surface area contributed by atoms with Crippen molar-refractivity contribution in [1.29, 1.82) is 0 Å². The van der Waals surface area contributed by atoms with Crippen LogP contribution in [0.1, 0.15) is 30.4 Å². The summed E-state index contributed by atoms with van der Waals surface area (Å²) in [4.78, 5) is 12.0. The molecule has 0 aliphatic carbocycles. The molecule has 1 unspecified atom stereocenters. The van der Waals surface area contributed by atoms with Crippen LogP contribution in [0, 0.1) is 0 Å². The zero-order valence-electron chi connectivity index (χ0n) is 13.2. The largest absolute Gasteiger partial charge is 0.454 e. The Labute approximate surface area is 136 Å². The molecular weight excluding hydrogens is 290 g/mol. The molecule has 0 aromatic heterocycles. The Morgan fingerprint density at radius 1 is 1.13 bits per heavy atom. The Morgan fingerprint density at radius 2 is 1.91 bits per heavy atom. The van der Waals surface area contributed by atoms with Crippen molar-refractivity contribution in [2.75, 3.05) is 13.3 Å². The van der Waals surface area contributed by atoms with Gasteiger partial charge in [-0.2, -0.15) is 0 Å². The third-order valence-electron chi connectivity index (χ3n) is 4.05. The highest BCUT2D eigenvalue weighted by Gasteiger charge is 2.14. The third-order valence-corrected chi connectivity index (χ3v) is 4.05. The van der Waals surface area contributed by atoms with E-state index in [0.29, 0.717) is 25.3 Å². The molecule has 1 atom stereocenters. The van der Waals surface area contributed by atoms with Gasteiger partial charge in [0, 0.05) is 13.0 Å². The maximum atomic E-state index is 12.0. The number of nitrogens with one attached hydrogen (secondary N) is 1. The molecule has 3 rings (SSSR count). The summed E-state index contributed by atoms with van der Waals surface area (Å²) in [5, 5.41) is 3.01. The van der Waals surface area contributed by atoms with Gasteiger partial charge in [0.2, 0.25) is 12.7 Å². The van der Waals surface area contributed by atoms with Crippen LogP contribution in [-0.4, -0.2) is 19.2 Å². The Kier molecular flexibility index (Phi) is 4.81. The van der Waals surface area contributed by atoms with Crippen molar-refractivity contribution in [2.45, 2.75) is 25.7 Å². The van der Waals surface area contributed by atoms with Crippen LogP contribution >= 0.6 is 0 Å². The van der Waals surface area contributed by atoms with Gasteiger partial charge < -0.3 is 14.8 Å². The molecule has 2 aromatic carbocycles. The molecule has 0 saturated heterocycles. The summed E-state index contributed by atoms with van der Waals surface area (Å²) in [5.41, 5.74) is 2.32. The van der Waals surface area contributed by atoms with Crippen LogP contribution in [0.2, 0.25) is 0 Å². The zero-order chi connectivity index (χ0) is 16.1. The molecule has 2 aromatic rings. The lowest BCUT2D eigenvalue weighted by molar-refractivity contribution is -0.121. The highest BCUT2D eigenvalue weighted by atomic mass is 16.7. The Bertz CT molecular complexity index is 670. The van der Waals surface area contributed by atoms with E-state index in [1.807, 2.05) is 36.4 Å². The van der Waals surface area contributed by atoms with Crippen LogP contribution in [-0.2, 0) is 11.2 Å². The van der Waals surface area contributed by atoms with E-state index < -0.39 is 0 Å². The van der Waals surface area contributed by atoms with Gasteiger partial charge in [-0.15, -0.1) is 0 Å². The Morgan fingerprint density at radius 3 is 2.74 bits per heavy atom. The topological polar surface area (TPSA) is 47.6 Å². The lowest BCUT2D eigenvalue weighted by Crippen LogP contribution is -2.27. The van der Waals surface area contributed by atoms with Crippen molar-refractivity contribution in [1.82, 2.24) is 5.32 Å². The van der Waals surface area contributed by atoms with Crippen LogP contribution in [0.25, 0.3) is 0 Å². The first-order chi connectivity index (χ1) is 11.2. The number of hydrogen-bond acceptors (Lipinski definition) is 3. The second-order valence-electron chi connectivity index (χ2n) is 5.80. The number of amides is 1. The molecule has 1 amide bonds. The quantitative estimate of drug-likeness (QED) is 0.890. The number of benzene rings is 2. The summed E-state index contributed by atoms with van der Waals surface area (Å²) >= 11 is 0. The SMILES string of the molecule is CC(CNC(=O)CCc1ccc2c(c1)OCO2)c1ccccc1. The van der Waals surface area contributed by atoms with E-state index in [2.05, 4.69) is 24.4 Å². The number of carbonyl (C=O) groups excluding carboxylic acids is 1. The molecule has 0 bridgehead atoms. The van der Waals surface area contributed by atoms with E-state index in [1.165, 1.54) is 5.56 Å². The predicted molar refractivity (Wildman–Crippen MR) is 88.8 cm³/mol. The molecule has 0 spiro atoms. The molecule has 120 valence electrons. The molecule has 4 nitrogen and oxygen atoms in total. The van der Waals surface area contributed by atoms with E-state index in [1.54, 1.807) is 0 Å². The fourth-order valence-corrected chi connectivity index (χ4v) is 2.61. The first-order valence-corrected chi connectivity index (χ1v) is 7.92. The minimum Gasteiger partial charge on any atom is -0.454 e.